The van der Waals surface area contributed by atoms with Gasteiger partial charge in [-0.05, 0) is 29.3 Å². The maximum absolute atomic E-state index is 9.11. The average molecular weight is 284 g/mol. The van der Waals surface area contributed by atoms with Crippen LogP contribution in [0.25, 0.3) is 0 Å². The lowest BCUT2D eigenvalue weighted by molar-refractivity contribution is 0.279. The van der Waals surface area contributed by atoms with E-state index < -0.39 is 0 Å². The molecule has 0 fully saturated rings. The van der Waals surface area contributed by atoms with Crippen LogP contribution >= 0.6 is 23.2 Å². The van der Waals surface area contributed by atoms with Gasteiger partial charge >= 0.3 is 0 Å². The third kappa shape index (κ3) is 3.35. The van der Waals surface area contributed by atoms with Crippen molar-refractivity contribution in [3.05, 3.63) is 57.7 Å². The lowest BCUT2D eigenvalue weighted by atomic mass is 10.1. The minimum absolute atomic E-state index is 0.0952. The number of nitrogens with zero attached hydrogens (tertiary/aromatic N) is 1. The van der Waals surface area contributed by atoms with Crippen molar-refractivity contribution in [3.63, 3.8) is 0 Å². The van der Waals surface area contributed by atoms with Gasteiger partial charge in [0.1, 0.15) is 11.8 Å². The summed E-state index contributed by atoms with van der Waals surface area (Å²) in [4.78, 5) is 4.02. The van der Waals surface area contributed by atoms with Crippen LogP contribution < -0.4 is 4.74 Å². The van der Waals surface area contributed by atoms with Crippen LogP contribution in [0.5, 0.6) is 5.88 Å². The third-order valence-corrected chi connectivity index (χ3v) is 2.94. The highest BCUT2D eigenvalue weighted by Gasteiger charge is 2.03. The predicted octanol–water partition coefficient (Wildman–Crippen LogP) is 3.46. The van der Waals surface area contributed by atoms with E-state index in [1.165, 1.54) is 0 Å². The molecule has 2 rings (SSSR count). The second-order valence-corrected chi connectivity index (χ2v) is 4.47. The molecule has 0 atom stereocenters. The zero-order valence-electron chi connectivity index (χ0n) is 9.44. The molecule has 0 saturated heterocycles. The first-order valence-corrected chi connectivity index (χ1v) is 6.08. The molecule has 0 spiro atoms. The maximum atomic E-state index is 9.11. The van der Waals surface area contributed by atoms with E-state index >= 15 is 0 Å². The molecule has 1 N–H and O–H groups in total. The molecule has 0 aliphatic carbocycles. The molecule has 2 aromatic rings. The summed E-state index contributed by atoms with van der Waals surface area (Å²) in [6.07, 6.45) is 0. The molecule has 0 aliphatic heterocycles. The molecule has 0 unspecified atom stereocenters. The Kier molecular flexibility index (Phi) is 4.42. The van der Waals surface area contributed by atoms with Crippen LogP contribution in [0.15, 0.2) is 36.4 Å². The van der Waals surface area contributed by atoms with E-state index in [0.717, 1.165) is 5.56 Å². The van der Waals surface area contributed by atoms with Gasteiger partial charge in [0, 0.05) is 11.1 Å². The van der Waals surface area contributed by atoms with Gasteiger partial charge in [0.15, 0.2) is 0 Å². The second-order valence-electron chi connectivity index (χ2n) is 3.67. The van der Waals surface area contributed by atoms with E-state index in [4.69, 9.17) is 33.0 Å². The van der Waals surface area contributed by atoms with Crippen molar-refractivity contribution >= 4 is 23.2 Å². The Bertz CT molecular complexity index is 546. The van der Waals surface area contributed by atoms with Gasteiger partial charge in [0.25, 0.3) is 0 Å². The predicted molar refractivity (Wildman–Crippen MR) is 71.0 cm³/mol. The Morgan fingerprint density at radius 3 is 2.72 bits per heavy atom. The summed E-state index contributed by atoms with van der Waals surface area (Å²) in [5, 5.41) is 10.0. The van der Waals surface area contributed by atoms with Gasteiger partial charge in [-0.1, -0.05) is 35.3 Å². The lowest BCUT2D eigenvalue weighted by Gasteiger charge is -2.07. The fraction of sp³-hybridized carbons (Fsp3) is 0.154. The van der Waals surface area contributed by atoms with Crippen molar-refractivity contribution in [1.82, 2.24) is 4.98 Å². The quantitative estimate of drug-likeness (QED) is 0.874. The van der Waals surface area contributed by atoms with Crippen LogP contribution in [-0.4, -0.2) is 10.1 Å². The number of rotatable bonds is 4. The smallest absolute Gasteiger partial charge is 0.214 e. The van der Waals surface area contributed by atoms with Gasteiger partial charge in [-0.15, -0.1) is 0 Å². The Balaban J connectivity index is 2.06. The summed E-state index contributed by atoms with van der Waals surface area (Å²) in [6.45, 7) is 0.250. The van der Waals surface area contributed by atoms with Crippen LogP contribution in [0.1, 0.15) is 11.1 Å². The van der Waals surface area contributed by atoms with Gasteiger partial charge in [0.05, 0.1) is 6.61 Å². The molecule has 3 nitrogen and oxygen atoms in total. The number of halogens is 2. The highest BCUT2D eigenvalue weighted by molar-refractivity contribution is 6.31. The van der Waals surface area contributed by atoms with Crippen LogP contribution in [0.2, 0.25) is 10.2 Å². The zero-order chi connectivity index (χ0) is 13.0. The van der Waals surface area contributed by atoms with Crippen molar-refractivity contribution in [2.75, 3.05) is 0 Å². The van der Waals surface area contributed by atoms with Crippen molar-refractivity contribution in [2.24, 2.45) is 0 Å². The third-order valence-electron chi connectivity index (χ3n) is 2.36. The fourth-order valence-corrected chi connectivity index (χ4v) is 1.80. The molecule has 1 heterocycles. The molecule has 5 heteroatoms. The summed E-state index contributed by atoms with van der Waals surface area (Å²) < 4.78 is 5.49. The number of hydrogen-bond acceptors (Lipinski definition) is 3. The van der Waals surface area contributed by atoms with Gasteiger partial charge in [0.2, 0.25) is 5.88 Å². The standard InChI is InChI=1S/C13H11Cl2NO2/c14-11-5-4-9(6-10(11)7-17)8-18-13-3-1-2-12(15)16-13/h1-6,17H,7-8H2. The Labute approximate surface area is 115 Å². The van der Waals surface area contributed by atoms with Gasteiger partial charge in [-0.2, -0.15) is 0 Å². The summed E-state index contributed by atoms with van der Waals surface area (Å²) in [7, 11) is 0. The summed E-state index contributed by atoms with van der Waals surface area (Å²) in [5.41, 5.74) is 1.59. The van der Waals surface area contributed by atoms with Crippen LogP contribution in [0, 0.1) is 0 Å². The Morgan fingerprint density at radius 1 is 1.17 bits per heavy atom. The lowest BCUT2D eigenvalue weighted by Crippen LogP contribution is -1.98. The zero-order valence-corrected chi connectivity index (χ0v) is 10.9. The van der Waals surface area contributed by atoms with Crippen molar-refractivity contribution in [1.29, 1.82) is 0 Å². The van der Waals surface area contributed by atoms with E-state index in [1.807, 2.05) is 6.07 Å². The maximum Gasteiger partial charge on any atom is 0.214 e. The first kappa shape index (κ1) is 13.1. The molecular weight excluding hydrogens is 273 g/mol. The van der Waals surface area contributed by atoms with Crippen molar-refractivity contribution < 1.29 is 9.84 Å². The van der Waals surface area contributed by atoms with Gasteiger partial charge in [-0.3, -0.25) is 0 Å². The topological polar surface area (TPSA) is 42.4 Å². The highest BCUT2D eigenvalue weighted by atomic mass is 35.5. The Hall–Kier alpha value is -1.29. The number of ether oxygens (including phenoxy) is 1. The molecule has 0 bridgehead atoms. The highest BCUT2D eigenvalue weighted by Crippen LogP contribution is 2.19. The molecule has 18 heavy (non-hydrogen) atoms. The number of hydrogen-bond donors (Lipinski definition) is 1. The first-order valence-electron chi connectivity index (χ1n) is 5.32. The summed E-state index contributed by atoms with van der Waals surface area (Å²) >= 11 is 11.7. The van der Waals surface area contributed by atoms with Gasteiger partial charge < -0.3 is 9.84 Å². The molecule has 0 radical (unpaired) electrons. The van der Waals surface area contributed by atoms with E-state index in [0.29, 0.717) is 28.2 Å². The first-order chi connectivity index (χ1) is 8.69. The van der Waals surface area contributed by atoms with E-state index in [1.54, 1.807) is 30.3 Å². The van der Waals surface area contributed by atoms with Gasteiger partial charge in [-0.25, -0.2) is 4.98 Å². The molecular formula is C13H11Cl2NO2. The number of aromatic nitrogens is 1. The van der Waals surface area contributed by atoms with E-state index in [2.05, 4.69) is 4.98 Å². The second kappa shape index (κ2) is 6.05. The molecule has 1 aromatic carbocycles. The number of aliphatic hydroxyl groups is 1. The van der Waals surface area contributed by atoms with Crippen molar-refractivity contribution in [2.45, 2.75) is 13.2 Å². The number of aliphatic hydroxyl groups excluding tert-OH is 1. The summed E-state index contributed by atoms with van der Waals surface area (Å²) in [6, 6.07) is 10.6. The minimum Gasteiger partial charge on any atom is -0.473 e. The normalized spacial score (nSPS) is 10.4. The molecule has 0 aliphatic rings. The molecule has 0 saturated carbocycles. The van der Waals surface area contributed by atoms with Crippen molar-refractivity contribution in [3.8, 4) is 5.88 Å². The van der Waals surface area contributed by atoms with E-state index in [-0.39, 0.29) is 6.61 Å². The largest absolute Gasteiger partial charge is 0.473 e. The number of pyridine rings is 1. The Morgan fingerprint density at radius 2 is 2.00 bits per heavy atom. The molecule has 0 amide bonds. The summed E-state index contributed by atoms with van der Waals surface area (Å²) in [5.74, 6) is 0.461. The van der Waals surface area contributed by atoms with Crippen LogP contribution in [0.3, 0.4) is 0 Å². The SMILES string of the molecule is OCc1cc(COc2cccc(Cl)n2)ccc1Cl. The number of benzene rings is 1. The molecule has 94 valence electrons. The van der Waals surface area contributed by atoms with Crippen LogP contribution in [0.4, 0.5) is 0 Å². The van der Waals surface area contributed by atoms with E-state index in [9.17, 15) is 0 Å². The van der Waals surface area contributed by atoms with Crippen LogP contribution in [-0.2, 0) is 13.2 Å². The minimum atomic E-state index is -0.0952. The fourth-order valence-electron chi connectivity index (χ4n) is 1.47. The average Bonchev–Trinajstić information content (AvgIpc) is 2.38. The monoisotopic (exact) mass is 283 g/mol. The molecule has 1 aromatic heterocycles.